The highest BCUT2D eigenvalue weighted by Gasteiger charge is 2.29. The monoisotopic (exact) mass is 420 g/mol. The lowest BCUT2D eigenvalue weighted by Gasteiger charge is -2.36. The summed E-state index contributed by atoms with van der Waals surface area (Å²) < 4.78 is 0. The number of halogens is 2. The summed E-state index contributed by atoms with van der Waals surface area (Å²) >= 11 is 12.1. The van der Waals surface area contributed by atoms with Crippen LogP contribution < -0.4 is 15.1 Å². The number of nitrogens with zero attached hydrogens (tertiary/aromatic N) is 1. The first-order valence-electron chi connectivity index (χ1n) is 9.31. The number of hydrogen-bond donors (Lipinski definition) is 2. The number of ketones is 1. The molecule has 28 heavy (non-hydrogen) atoms. The zero-order valence-electron chi connectivity index (χ0n) is 16.0. The predicted octanol–water partition coefficient (Wildman–Crippen LogP) is 2.93. The summed E-state index contributed by atoms with van der Waals surface area (Å²) in [5.74, 6) is -0.00103. The van der Waals surface area contributed by atoms with Gasteiger partial charge in [0.2, 0.25) is 0 Å². The Morgan fingerprint density at radius 2 is 1.71 bits per heavy atom. The van der Waals surface area contributed by atoms with Gasteiger partial charge in [0, 0.05) is 16.3 Å². The van der Waals surface area contributed by atoms with Crippen LogP contribution in [0.15, 0.2) is 42.5 Å². The van der Waals surface area contributed by atoms with Crippen molar-refractivity contribution in [2.75, 3.05) is 36.4 Å². The van der Waals surface area contributed by atoms with E-state index in [1.807, 2.05) is 31.2 Å². The zero-order valence-corrected chi connectivity index (χ0v) is 17.5. The fraction of sp³-hybridized carbons (Fsp3) is 0.333. The second-order valence-corrected chi connectivity index (χ2v) is 7.93. The lowest BCUT2D eigenvalue weighted by atomic mass is 10.1. The molecule has 1 amide bonds. The predicted molar refractivity (Wildman–Crippen MR) is 114 cm³/mol. The van der Waals surface area contributed by atoms with E-state index in [1.54, 1.807) is 25.1 Å². The first-order valence-corrected chi connectivity index (χ1v) is 10.1. The Hall–Kier alpha value is -2.08. The van der Waals surface area contributed by atoms with Gasteiger partial charge in [0.25, 0.3) is 5.91 Å². The van der Waals surface area contributed by atoms with Crippen molar-refractivity contribution in [1.29, 1.82) is 0 Å². The highest BCUT2D eigenvalue weighted by atomic mass is 35.5. The molecule has 0 aromatic heterocycles. The van der Waals surface area contributed by atoms with Crippen LogP contribution in [0.3, 0.4) is 0 Å². The number of carbonyl (C=O) groups excluding carboxylic acids is 2. The van der Waals surface area contributed by atoms with Crippen LogP contribution in [0.1, 0.15) is 24.2 Å². The number of rotatable bonds is 5. The third kappa shape index (κ3) is 4.85. The molecule has 0 bridgehead atoms. The van der Waals surface area contributed by atoms with Gasteiger partial charge in [-0.15, -0.1) is 0 Å². The van der Waals surface area contributed by atoms with Gasteiger partial charge < -0.3 is 15.1 Å². The largest absolute Gasteiger partial charge is 0.360 e. The minimum Gasteiger partial charge on any atom is -0.360 e. The summed E-state index contributed by atoms with van der Waals surface area (Å²) in [6, 6.07) is 12.5. The molecule has 0 unspecified atom stereocenters. The molecule has 2 aromatic carbocycles. The number of amides is 1. The molecule has 1 fully saturated rings. The van der Waals surface area contributed by atoms with Crippen LogP contribution in [0.4, 0.5) is 11.4 Å². The minimum absolute atomic E-state index is 0.0699. The summed E-state index contributed by atoms with van der Waals surface area (Å²) in [5, 5.41) is 3.89. The average molecular weight is 421 g/mol. The second-order valence-electron chi connectivity index (χ2n) is 7.08. The Kier molecular flexibility index (Phi) is 6.60. The highest BCUT2D eigenvalue weighted by molar-refractivity contribution is 6.35. The second kappa shape index (κ2) is 8.95. The van der Waals surface area contributed by atoms with E-state index in [4.69, 9.17) is 23.2 Å². The Morgan fingerprint density at radius 1 is 1.07 bits per heavy atom. The van der Waals surface area contributed by atoms with Crippen LogP contribution in [-0.2, 0) is 4.79 Å². The molecule has 0 saturated carbocycles. The quantitative estimate of drug-likeness (QED) is 0.731. The van der Waals surface area contributed by atoms with Gasteiger partial charge in [-0.2, -0.15) is 0 Å². The SMILES string of the molecule is CC(=O)c1ccc(N2CC[NH+]([C@@H](C)C(=O)Nc3cc(Cl)ccc3Cl)CC2)cc1. The van der Waals surface area contributed by atoms with E-state index in [0.717, 1.165) is 37.4 Å². The van der Waals surface area contributed by atoms with Crippen molar-refractivity contribution < 1.29 is 14.5 Å². The van der Waals surface area contributed by atoms with Gasteiger partial charge in [0.15, 0.2) is 11.8 Å². The highest BCUT2D eigenvalue weighted by Crippen LogP contribution is 2.25. The maximum absolute atomic E-state index is 12.6. The van der Waals surface area contributed by atoms with Crippen LogP contribution >= 0.6 is 23.2 Å². The fourth-order valence-corrected chi connectivity index (χ4v) is 3.75. The first kappa shape index (κ1) is 20.6. The molecule has 5 nitrogen and oxygen atoms in total. The smallest absolute Gasteiger partial charge is 0.282 e. The standard InChI is InChI=1S/C21H23Cl2N3O2/c1-14(21(28)24-20-13-17(22)5-8-19(20)23)25-9-11-26(12-10-25)18-6-3-16(4-7-18)15(2)27/h3-8,13-14H,9-12H2,1-2H3,(H,24,28)/p+1/t14-/m0/s1. The summed E-state index contributed by atoms with van der Waals surface area (Å²) in [7, 11) is 0. The van der Waals surface area contributed by atoms with Crippen LogP contribution in [0.2, 0.25) is 10.0 Å². The van der Waals surface area contributed by atoms with Crippen LogP contribution in [-0.4, -0.2) is 43.9 Å². The number of carbonyl (C=O) groups is 2. The molecular formula is C21H24Cl2N3O2+. The summed E-state index contributed by atoms with van der Waals surface area (Å²) in [5.41, 5.74) is 2.36. The molecule has 0 radical (unpaired) electrons. The maximum Gasteiger partial charge on any atom is 0.282 e. The van der Waals surface area contributed by atoms with Crippen molar-refractivity contribution in [3.8, 4) is 0 Å². The zero-order chi connectivity index (χ0) is 20.3. The molecule has 3 rings (SSSR count). The number of nitrogens with one attached hydrogen (secondary N) is 2. The van der Waals surface area contributed by atoms with E-state index in [2.05, 4.69) is 10.2 Å². The minimum atomic E-state index is -0.197. The number of piperazine rings is 1. The number of anilines is 2. The summed E-state index contributed by atoms with van der Waals surface area (Å²) in [6.45, 7) is 6.91. The van der Waals surface area contributed by atoms with E-state index < -0.39 is 0 Å². The number of quaternary nitrogens is 1. The molecule has 0 spiro atoms. The molecule has 2 aromatic rings. The van der Waals surface area contributed by atoms with Crippen molar-refractivity contribution in [1.82, 2.24) is 0 Å². The van der Waals surface area contributed by atoms with E-state index in [1.165, 1.54) is 4.90 Å². The maximum atomic E-state index is 12.6. The molecular weight excluding hydrogens is 397 g/mol. The van der Waals surface area contributed by atoms with Gasteiger partial charge in [-0.25, -0.2) is 0 Å². The lowest BCUT2D eigenvalue weighted by molar-refractivity contribution is -0.914. The van der Waals surface area contributed by atoms with Crippen molar-refractivity contribution in [2.24, 2.45) is 0 Å². The van der Waals surface area contributed by atoms with Crippen LogP contribution in [0, 0.1) is 0 Å². The molecule has 1 heterocycles. The fourth-order valence-electron chi connectivity index (χ4n) is 3.41. The van der Waals surface area contributed by atoms with Crippen LogP contribution in [0.5, 0.6) is 0 Å². The van der Waals surface area contributed by atoms with Crippen molar-refractivity contribution in [2.45, 2.75) is 19.9 Å². The van der Waals surface area contributed by atoms with Crippen molar-refractivity contribution in [3.63, 3.8) is 0 Å². The van der Waals surface area contributed by atoms with Gasteiger partial charge in [-0.05, 0) is 56.3 Å². The summed E-state index contributed by atoms with van der Waals surface area (Å²) in [6.07, 6.45) is 0. The normalized spacial score (nSPS) is 15.9. The molecule has 2 N–H and O–H groups in total. The van der Waals surface area contributed by atoms with Gasteiger partial charge in [-0.3, -0.25) is 9.59 Å². The Labute approximate surface area is 175 Å². The lowest BCUT2D eigenvalue weighted by Crippen LogP contribution is -3.19. The topological polar surface area (TPSA) is 53.9 Å². The molecule has 1 atom stereocenters. The van der Waals surface area contributed by atoms with E-state index in [-0.39, 0.29) is 17.7 Å². The van der Waals surface area contributed by atoms with Gasteiger partial charge in [0.1, 0.15) is 0 Å². The Bertz CT molecular complexity index is 862. The molecule has 1 saturated heterocycles. The number of Topliss-reactive ketones (excluding diaryl/α,β-unsaturated/α-hetero) is 1. The van der Waals surface area contributed by atoms with E-state index in [0.29, 0.717) is 15.7 Å². The molecule has 1 aliphatic rings. The summed E-state index contributed by atoms with van der Waals surface area (Å²) in [4.78, 5) is 27.6. The van der Waals surface area contributed by atoms with Crippen molar-refractivity contribution >= 4 is 46.3 Å². The van der Waals surface area contributed by atoms with Gasteiger partial charge >= 0.3 is 0 Å². The van der Waals surface area contributed by atoms with Crippen molar-refractivity contribution in [3.05, 3.63) is 58.1 Å². The molecule has 1 aliphatic heterocycles. The Morgan fingerprint density at radius 3 is 2.32 bits per heavy atom. The third-order valence-electron chi connectivity index (χ3n) is 5.24. The van der Waals surface area contributed by atoms with E-state index in [9.17, 15) is 9.59 Å². The number of hydrogen-bond acceptors (Lipinski definition) is 3. The molecule has 148 valence electrons. The van der Waals surface area contributed by atoms with Crippen LogP contribution in [0.25, 0.3) is 0 Å². The first-order chi connectivity index (χ1) is 13.3. The Balaban J connectivity index is 1.57. The van der Waals surface area contributed by atoms with Gasteiger partial charge in [-0.1, -0.05) is 23.2 Å². The third-order valence-corrected chi connectivity index (χ3v) is 5.80. The average Bonchev–Trinajstić information content (AvgIpc) is 2.70. The molecule has 7 heteroatoms. The van der Waals surface area contributed by atoms with E-state index >= 15 is 0 Å². The molecule has 0 aliphatic carbocycles. The number of benzene rings is 2. The van der Waals surface area contributed by atoms with Gasteiger partial charge in [0.05, 0.1) is 36.9 Å².